The number of nitrogens with one attached hydrogen (secondary N) is 1. The van der Waals surface area contributed by atoms with Crippen LogP contribution >= 0.6 is 0 Å². The minimum absolute atomic E-state index is 0.0621. The molecule has 1 amide bonds. The van der Waals surface area contributed by atoms with Crippen molar-refractivity contribution in [2.45, 2.75) is 13.3 Å². The molecular weight excluding hydrogens is 390 g/mol. The Bertz CT molecular complexity index is 1210. The number of rotatable bonds is 5. The number of benzene rings is 2. The Morgan fingerprint density at radius 1 is 1.10 bits per heavy atom. The summed E-state index contributed by atoms with van der Waals surface area (Å²) < 4.78 is 33.0. The Hall–Kier alpha value is -3.94. The van der Waals surface area contributed by atoms with E-state index in [0.29, 0.717) is 28.1 Å². The van der Waals surface area contributed by atoms with Crippen molar-refractivity contribution in [3.8, 4) is 22.5 Å². The topological polar surface area (TPSA) is 80.9 Å². The first-order valence-corrected chi connectivity index (χ1v) is 9.09. The van der Waals surface area contributed by atoms with E-state index in [1.54, 1.807) is 43.5 Å². The third-order valence-electron chi connectivity index (χ3n) is 4.52. The van der Waals surface area contributed by atoms with Gasteiger partial charge in [0.1, 0.15) is 23.7 Å². The Kier molecular flexibility index (Phi) is 5.30. The molecule has 0 bridgehead atoms. The van der Waals surface area contributed by atoms with E-state index in [1.165, 1.54) is 24.5 Å². The summed E-state index contributed by atoms with van der Waals surface area (Å²) >= 11 is 0. The van der Waals surface area contributed by atoms with Crippen molar-refractivity contribution < 1.29 is 18.1 Å². The molecule has 30 heavy (non-hydrogen) atoms. The van der Waals surface area contributed by atoms with E-state index in [1.807, 2.05) is 0 Å². The van der Waals surface area contributed by atoms with Gasteiger partial charge in [0.25, 0.3) is 0 Å². The molecule has 0 aliphatic carbocycles. The van der Waals surface area contributed by atoms with Crippen LogP contribution in [-0.4, -0.2) is 21.0 Å². The average Bonchev–Trinajstić information content (AvgIpc) is 3.15. The molecule has 0 radical (unpaired) electrons. The molecule has 0 fully saturated rings. The highest BCUT2D eigenvalue weighted by Crippen LogP contribution is 2.37. The van der Waals surface area contributed by atoms with Crippen LogP contribution in [0, 0.1) is 18.6 Å². The van der Waals surface area contributed by atoms with Crippen LogP contribution in [-0.2, 0) is 11.2 Å². The molecular formula is C22H16F2N4O2. The zero-order chi connectivity index (χ0) is 21.1. The van der Waals surface area contributed by atoms with Gasteiger partial charge in [0.15, 0.2) is 0 Å². The molecule has 0 saturated heterocycles. The van der Waals surface area contributed by atoms with Crippen molar-refractivity contribution in [3.05, 3.63) is 83.8 Å². The van der Waals surface area contributed by atoms with Gasteiger partial charge in [-0.25, -0.2) is 18.7 Å². The highest BCUT2D eigenvalue weighted by molar-refractivity contribution is 5.97. The number of carbonyl (C=O) groups excluding carboxylic acids is 1. The molecule has 1 N–H and O–H groups in total. The first-order valence-electron chi connectivity index (χ1n) is 9.09. The fraction of sp³-hybridized carbons (Fsp3) is 0.0909. The van der Waals surface area contributed by atoms with Crippen LogP contribution in [0.4, 0.5) is 14.7 Å². The van der Waals surface area contributed by atoms with Gasteiger partial charge in [-0.05, 0) is 48.4 Å². The van der Waals surface area contributed by atoms with E-state index >= 15 is 0 Å². The van der Waals surface area contributed by atoms with E-state index in [0.717, 1.165) is 0 Å². The lowest BCUT2D eigenvalue weighted by atomic mass is 10.0. The third-order valence-corrected chi connectivity index (χ3v) is 4.52. The highest BCUT2D eigenvalue weighted by Gasteiger charge is 2.23. The fourth-order valence-corrected chi connectivity index (χ4v) is 3.03. The second-order valence-corrected chi connectivity index (χ2v) is 6.61. The maximum atomic E-state index is 13.9. The van der Waals surface area contributed by atoms with Gasteiger partial charge >= 0.3 is 0 Å². The normalized spacial score (nSPS) is 10.8. The van der Waals surface area contributed by atoms with Gasteiger partial charge in [0.2, 0.25) is 11.8 Å². The quantitative estimate of drug-likeness (QED) is 0.525. The number of carbonyl (C=O) groups is 1. The lowest BCUT2D eigenvalue weighted by Gasteiger charge is -2.07. The molecule has 6 nitrogen and oxygen atoms in total. The Balaban J connectivity index is 1.71. The van der Waals surface area contributed by atoms with Crippen LogP contribution in [0.3, 0.4) is 0 Å². The van der Waals surface area contributed by atoms with Crippen LogP contribution in [0.2, 0.25) is 0 Å². The molecule has 150 valence electrons. The summed E-state index contributed by atoms with van der Waals surface area (Å²) in [5.74, 6) is -1.23. The summed E-state index contributed by atoms with van der Waals surface area (Å²) in [5.41, 5.74) is 2.57. The van der Waals surface area contributed by atoms with Crippen LogP contribution in [0.25, 0.3) is 22.5 Å². The zero-order valence-electron chi connectivity index (χ0n) is 15.9. The predicted molar refractivity (Wildman–Crippen MR) is 106 cm³/mol. The molecule has 2 aromatic heterocycles. The van der Waals surface area contributed by atoms with E-state index in [9.17, 15) is 13.6 Å². The predicted octanol–water partition coefficient (Wildman–Crippen LogP) is 4.57. The van der Waals surface area contributed by atoms with Crippen LogP contribution in [0.1, 0.15) is 11.1 Å². The number of amides is 1. The molecule has 0 atom stereocenters. The maximum Gasteiger partial charge on any atom is 0.241 e. The maximum absolute atomic E-state index is 13.9. The van der Waals surface area contributed by atoms with Gasteiger partial charge in [-0.1, -0.05) is 23.4 Å². The fourth-order valence-electron chi connectivity index (χ4n) is 3.03. The minimum Gasteiger partial charge on any atom is -0.337 e. The summed E-state index contributed by atoms with van der Waals surface area (Å²) in [7, 11) is 0. The van der Waals surface area contributed by atoms with Gasteiger partial charge in [0, 0.05) is 11.8 Å². The zero-order valence-corrected chi connectivity index (χ0v) is 15.9. The number of nitrogens with zero attached hydrogens (tertiary/aromatic N) is 3. The smallest absolute Gasteiger partial charge is 0.241 e. The van der Waals surface area contributed by atoms with Crippen molar-refractivity contribution in [3.63, 3.8) is 0 Å². The van der Waals surface area contributed by atoms with Crippen LogP contribution in [0.15, 0.2) is 65.6 Å². The van der Waals surface area contributed by atoms with E-state index in [-0.39, 0.29) is 23.7 Å². The highest BCUT2D eigenvalue weighted by atomic mass is 19.1. The molecule has 8 heteroatoms. The lowest BCUT2D eigenvalue weighted by molar-refractivity contribution is -0.115. The number of hydrogen-bond acceptors (Lipinski definition) is 5. The average molecular weight is 406 g/mol. The van der Waals surface area contributed by atoms with Crippen molar-refractivity contribution in [1.82, 2.24) is 15.1 Å². The largest absolute Gasteiger partial charge is 0.337 e. The third kappa shape index (κ3) is 3.93. The van der Waals surface area contributed by atoms with Crippen molar-refractivity contribution >= 4 is 11.8 Å². The minimum atomic E-state index is -0.478. The van der Waals surface area contributed by atoms with Crippen molar-refractivity contribution in [1.29, 1.82) is 0 Å². The molecule has 0 spiro atoms. The monoisotopic (exact) mass is 406 g/mol. The van der Waals surface area contributed by atoms with Gasteiger partial charge in [0.05, 0.1) is 17.7 Å². The first kappa shape index (κ1) is 19.4. The molecule has 0 aliphatic rings. The van der Waals surface area contributed by atoms with E-state index in [4.69, 9.17) is 4.52 Å². The molecule has 0 saturated carbocycles. The molecule has 0 aliphatic heterocycles. The van der Waals surface area contributed by atoms with E-state index < -0.39 is 11.7 Å². The summed E-state index contributed by atoms with van der Waals surface area (Å²) in [4.78, 5) is 20.6. The number of aromatic nitrogens is 3. The molecule has 0 unspecified atom stereocenters. The van der Waals surface area contributed by atoms with Crippen LogP contribution in [0.5, 0.6) is 0 Å². The second kappa shape index (κ2) is 8.20. The van der Waals surface area contributed by atoms with Gasteiger partial charge in [-0.15, -0.1) is 0 Å². The standard InChI is InChI=1S/C22H16F2N4O2/c1-13-10-15(6-7-16(13)23)21-20(18-8-9-25-12-26-18)22(30-28-21)27-19(29)11-14-4-2-3-5-17(14)24/h2-10,12H,11H2,1H3,(H,27,29). The molecule has 2 heterocycles. The number of halogens is 2. The van der Waals surface area contributed by atoms with Gasteiger partial charge < -0.3 is 4.52 Å². The van der Waals surface area contributed by atoms with Crippen molar-refractivity contribution in [2.24, 2.45) is 0 Å². The summed E-state index contributed by atoms with van der Waals surface area (Å²) in [6.45, 7) is 1.64. The molecule has 4 rings (SSSR count). The summed E-state index contributed by atoms with van der Waals surface area (Å²) in [6, 6.07) is 12.2. The van der Waals surface area contributed by atoms with Gasteiger partial charge in [-0.2, -0.15) is 0 Å². The summed E-state index contributed by atoms with van der Waals surface area (Å²) in [6.07, 6.45) is 2.72. The van der Waals surface area contributed by atoms with Crippen LogP contribution < -0.4 is 5.32 Å². The Morgan fingerprint density at radius 2 is 1.93 bits per heavy atom. The SMILES string of the molecule is Cc1cc(-c2noc(NC(=O)Cc3ccccc3F)c2-c2ccncn2)ccc1F. The number of anilines is 1. The first-order chi connectivity index (χ1) is 14.5. The van der Waals surface area contributed by atoms with Gasteiger partial charge in [-0.3, -0.25) is 10.1 Å². The number of aryl methyl sites for hydroxylation is 1. The molecule has 2 aromatic carbocycles. The Morgan fingerprint density at radius 3 is 2.67 bits per heavy atom. The summed E-state index contributed by atoms with van der Waals surface area (Å²) in [5, 5.41) is 6.70. The Labute approximate surface area is 170 Å². The second-order valence-electron chi connectivity index (χ2n) is 6.61. The number of hydrogen-bond donors (Lipinski definition) is 1. The van der Waals surface area contributed by atoms with E-state index in [2.05, 4.69) is 20.4 Å². The molecule has 4 aromatic rings. The van der Waals surface area contributed by atoms with Crippen molar-refractivity contribution in [2.75, 3.05) is 5.32 Å². The lowest BCUT2D eigenvalue weighted by Crippen LogP contribution is -2.15.